The van der Waals surface area contributed by atoms with E-state index >= 15 is 0 Å². The van der Waals surface area contributed by atoms with E-state index in [1.807, 2.05) is 6.92 Å². The first-order valence-electron chi connectivity index (χ1n) is 8.54. The van der Waals surface area contributed by atoms with Crippen LogP contribution >= 0.6 is 0 Å². The van der Waals surface area contributed by atoms with Gasteiger partial charge in [-0.05, 0) is 62.2 Å². The molecule has 3 aromatic rings. The van der Waals surface area contributed by atoms with Gasteiger partial charge in [-0.2, -0.15) is 13.2 Å². The van der Waals surface area contributed by atoms with Gasteiger partial charge in [-0.15, -0.1) is 0 Å². The zero-order valence-corrected chi connectivity index (χ0v) is 15.1. The standard InChI is InChI=1S/C20H18F4N2O2/c1-10(7-15-11(2)26-18-9-13(21)4-5-14(15)18)25-17-6-3-12(20(22,23)24)8-16(17)19(27)28/h3-6,8-10,25-26H,7H2,1-2H3,(H,27,28). The van der Waals surface area contributed by atoms with Gasteiger partial charge in [0, 0.05) is 28.3 Å². The molecule has 1 atom stereocenters. The second kappa shape index (κ2) is 7.18. The normalized spacial score (nSPS) is 12.9. The van der Waals surface area contributed by atoms with Crippen LogP contribution in [-0.4, -0.2) is 22.1 Å². The van der Waals surface area contributed by atoms with E-state index in [0.29, 0.717) is 18.0 Å². The molecule has 28 heavy (non-hydrogen) atoms. The molecule has 0 bridgehead atoms. The quantitative estimate of drug-likeness (QED) is 0.510. The Morgan fingerprint density at radius 3 is 2.57 bits per heavy atom. The highest BCUT2D eigenvalue weighted by atomic mass is 19.4. The van der Waals surface area contributed by atoms with Crippen LogP contribution < -0.4 is 5.32 Å². The number of carbonyl (C=O) groups is 1. The summed E-state index contributed by atoms with van der Waals surface area (Å²) < 4.78 is 52.0. The average Bonchev–Trinajstić information content (AvgIpc) is 2.88. The molecule has 0 saturated heterocycles. The molecule has 1 unspecified atom stereocenters. The Hall–Kier alpha value is -3.03. The Morgan fingerprint density at radius 1 is 1.21 bits per heavy atom. The van der Waals surface area contributed by atoms with Crippen molar-refractivity contribution < 1.29 is 27.5 Å². The number of hydrogen-bond donors (Lipinski definition) is 3. The Labute approximate surface area is 158 Å². The smallest absolute Gasteiger partial charge is 0.416 e. The number of benzene rings is 2. The van der Waals surface area contributed by atoms with Crippen LogP contribution in [0.15, 0.2) is 36.4 Å². The third-order valence-electron chi connectivity index (χ3n) is 4.57. The Morgan fingerprint density at radius 2 is 1.93 bits per heavy atom. The Balaban J connectivity index is 1.87. The summed E-state index contributed by atoms with van der Waals surface area (Å²) in [5.41, 5.74) is 1.08. The number of carboxylic acid groups (broad SMARTS) is 1. The molecule has 2 aromatic carbocycles. The predicted molar refractivity (Wildman–Crippen MR) is 98.2 cm³/mol. The summed E-state index contributed by atoms with van der Waals surface area (Å²) in [6, 6.07) is 6.73. The van der Waals surface area contributed by atoms with Crippen molar-refractivity contribution in [1.29, 1.82) is 0 Å². The van der Waals surface area contributed by atoms with Gasteiger partial charge in [0.05, 0.1) is 11.1 Å². The predicted octanol–water partition coefficient (Wildman–Crippen LogP) is 5.38. The number of anilines is 1. The van der Waals surface area contributed by atoms with Gasteiger partial charge in [0.25, 0.3) is 0 Å². The number of aromatic nitrogens is 1. The summed E-state index contributed by atoms with van der Waals surface area (Å²) in [4.78, 5) is 14.5. The van der Waals surface area contributed by atoms with Crippen molar-refractivity contribution in [2.75, 3.05) is 5.32 Å². The van der Waals surface area contributed by atoms with E-state index in [1.54, 1.807) is 13.0 Å². The van der Waals surface area contributed by atoms with Crippen molar-refractivity contribution in [3.8, 4) is 0 Å². The first kappa shape index (κ1) is 19.7. The highest BCUT2D eigenvalue weighted by Gasteiger charge is 2.32. The van der Waals surface area contributed by atoms with Crippen molar-refractivity contribution in [3.63, 3.8) is 0 Å². The number of hydrogen-bond acceptors (Lipinski definition) is 2. The number of rotatable bonds is 5. The van der Waals surface area contributed by atoms with Crippen LogP contribution in [0.25, 0.3) is 10.9 Å². The third kappa shape index (κ3) is 3.95. The van der Waals surface area contributed by atoms with Crippen LogP contribution in [-0.2, 0) is 12.6 Å². The second-order valence-electron chi connectivity index (χ2n) is 6.73. The van der Waals surface area contributed by atoms with Crippen molar-refractivity contribution >= 4 is 22.6 Å². The van der Waals surface area contributed by atoms with Gasteiger partial charge in [-0.1, -0.05) is 0 Å². The molecule has 3 N–H and O–H groups in total. The van der Waals surface area contributed by atoms with Gasteiger partial charge < -0.3 is 15.4 Å². The molecule has 148 valence electrons. The molecule has 0 aliphatic heterocycles. The van der Waals surface area contributed by atoms with Crippen LogP contribution in [0.5, 0.6) is 0 Å². The number of aromatic amines is 1. The van der Waals surface area contributed by atoms with Crippen LogP contribution in [0.3, 0.4) is 0 Å². The lowest BCUT2D eigenvalue weighted by molar-refractivity contribution is -0.137. The molecular formula is C20H18F4N2O2. The van der Waals surface area contributed by atoms with E-state index in [4.69, 9.17) is 0 Å². The van der Waals surface area contributed by atoms with Gasteiger partial charge in [0.2, 0.25) is 0 Å². The van der Waals surface area contributed by atoms with Crippen LogP contribution in [0, 0.1) is 12.7 Å². The minimum atomic E-state index is -4.62. The highest BCUT2D eigenvalue weighted by molar-refractivity contribution is 5.94. The molecule has 0 aliphatic carbocycles. The maximum Gasteiger partial charge on any atom is 0.416 e. The lowest BCUT2D eigenvalue weighted by atomic mass is 10.0. The van der Waals surface area contributed by atoms with E-state index in [2.05, 4.69) is 10.3 Å². The number of carboxylic acids is 1. The van der Waals surface area contributed by atoms with Crippen molar-refractivity contribution in [3.05, 3.63) is 64.6 Å². The highest BCUT2D eigenvalue weighted by Crippen LogP contribution is 2.32. The maximum atomic E-state index is 13.4. The third-order valence-corrected chi connectivity index (χ3v) is 4.57. The largest absolute Gasteiger partial charge is 0.478 e. The summed E-state index contributed by atoms with van der Waals surface area (Å²) in [6.45, 7) is 3.64. The number of fused-ring (bicyclic) bond motifs is 1. The molecule has 1 heterocycles. The number of alkyl halides is 3. The fourth-order valence-electron chi connectivity index (χ4n) is 3.27. The van der Waals surface area contributed by atoms with Crippen molar-refractivity contribution in [2.45, 2.75) is 32.5 Å². The molecule has 3 rings (SSSR count). The first-order valence-corrected chi connectivity index (χ1v) is 8.54. The van der Waals surface area contributed by atoms with Gasteiger partial charge in [0.15, 0.2) is 0 Å². The minimum Gasteiger partial charge on any atom is -0.478 e. The molecule has 1 aromatic heterocycles. The van der Waals surface area contributed by atoms with Gasteiger partial charge in [-0.25, -0.2) is 9.18 Å². The number of nitrogens with one attached hydrogen (secondary N) is 2. The number of aryl methyl sites for hydroxylation is 1. The molecule has 0 saturated carbocycles. The maximum absolute atomic E-state index is 13.4. The molecule has 0 amide bonds. The van der Waals surface area contributed by atoms with Gasteiger partial charge in [-0.3, -0.25) is 0 Å². The summed E-state index contributed by atoms with van der Waals surface area (Å²) in [5, 5.41) is 13.1. The number of aromatic carboxylic acids is 1. The lowest BCUT2D eigenvalue weighted by Gasteiger charge is -2.18. The molecule has 0 aliphatic rings. The summed E-state index contributed by atoms with van der Waals surface area (Å²) in [7, 11) is 0. The van der Waals surface area contributed by atoms with E-state index in [0.717, 1.165) is 28.8 Å². The average molecular weight is 394 g/mol. The minimum absolute atomic E-state index is 0.108. The lowest BCUT2D eigenvalue weighted by Crippen LogP contribution is -2.20. The molecule has 0 spiro atoms. The molecule has 4 nitrogen and oxygen atoms in total. The second-order valence-corrected chi connectivity index (χ2v) is 6.73. The van der Waals surface area contributed by atoms with E-state index < -0.39 is 23.3 Å². The first-order chi connectivity index (χ1) is 13.1. The summed E-state index contributed by atoms with van der Waals surface area (Å²) >= 11 is 0. The Bertz CT molecular complexity index is 1040. The van der Waals surface area contributed by atoms with Gasteiger partial charge in [0.1, 0.15) is 5.82 Å². The zero-order valence-electron chi connectivity index (χ0n) is 15.1. The monoisotopic (exact) mass is 394 g/mol. The number of H-pyrrole nitrogens is 1. The van der Waals surface area contributed by atoms with Gasteiger partial charge >= 0.3 is 12.1 Å². The van der Waals surface area contributed by atoms with Crippen molar-refractivity contribution in [1.82, 2.24) is 4.98 Å². The molecule has 8 heteroatoms. The van der Waals surface area contributed by atoms with Crippen LogP contribution in [0.1, 0.15) is 34.1 Å². The molecule has 0 radical (unpaired) electrons. The summed E-state index contributed by atoms with van der Waals surface area (Å²) in [6.07, 6.45) is -4.15. The fourth-order valence-corrected chi connectivity index (χ4v) is 3.27. The topological polar surface area (TPSA) is 65.1 Å². The zero-order chi connectivity index (χ0) is 20.6. The fraction of sp³-hybridized carbons (Fsp3) is 0.250. The van der Waals surface area contributed by atoms with E-state index in [9.17, 15) is 27.5 Å². The van der Waals surface area contributed by atoms with Crippen LogP contribution in [0.2, 0.25) is 0 Å². The van der Waals surface area contributed by atoms with Crippen molar-refractivity contribution in [2.24, 2.45) is 0 Å². The summed E-state index contributed by atoms with van der Waals surface area (Å²) in [5.74, 6) is -1.80. The molecular weight excluding hydrogens is 376 g/mol. The Kier molecular flexibility index (Phi) is 5.06. The number of halogens is 4. The van der Waals surface area contributed by atoms with Crippen LogP contribution in [0.4, 0.5) is 23.2 Å². The molecule has 0 fully saturated rings. The van der Waals surface area contributed by atoms with E-state index in [1.165, 1.54) is 12.1 Å². The van der Waals surface area contributed by atoms with E-state index in [-0.39, 0.29) is 17.5 Å². The SMILES string of the molecule is Cc1[nH]c2cc(F)ccc2c1CC(C)Nc1ccc(C(F)(F)F)cc1C(=O)O.